The van der Waals surface area contributed by atoms with Crippen molar-refractivity contribution in [2.45, 2.75) is 13.5 Å². The van der Waals surface area contributed by atoms with Gasteiger partial charge in [0, 0.05) is 28.5 Å². The molecule has 2 aromatic heterocycles. The SMILES string of the molecule is CCn1c2ccccc2c2c3sc(Nc4ccccc4)nc3ccc21. The Bertz CT molecular complexity index is 1200. The van der Waals surface area contributed by atoms with E-state index in [0.29, 0.717) is 0 Å². The van der Waals surface area contributed by atoms with Crippen LogP contribution in [-0.4, -0.2) is 9.55 Å². The van der Waals surface area contributed by atoms with Gasteiger partial charge in [0.05, 0.1) is 15.7 Å². The fourth-order valence-electron chi connectivity index (χ4n) is 3.56. The topological polar surface area (TPSA) is 29.9 Å². The molecule has 0 aliphatic heterocycles. The van der Waals surface area contributed by atoms with E-state index < -0.39 is 0 Å². The van der Waals surface area contributed by atoms with Gasteiger partial charge in [-0.05, 0) is 37.3 Å². The summed E-state index contributed by atoms with van der Waals surface area (Å²) in [4.78, 5) is 4.80. The van der Waals surface area contributed by atoms with Gasteiger partial charge in [-0.1, -0.05) is 47.7 Å². The van der Waals surface area contributed by atoms with Gasteiger partial charge in [-0.25, -0.2) is 4.98 Å². The summed E-state index contributed by atoms with van der Waals surface area (Å²) < 4.78 is 3.63. The first-order valence-electron chi connectivity index (χ1n) is 8.47. The molecule has 2 heterocycles. The maximum atomic E-state index is 4.80. The van der Waals surface area contributed by atoms with Gasteiger partial charge in [-0.15, -0.1) is 0 Å². The lowest BCUT2D eigenvalue weighted by molar-refractivity contribution is 0.827. The number of hydrogen-bond acceptors (Lipinski definition) is 3. The Morgan fingerprint density at radius 3 is 2.56 bits per heavy atom. The van der Waals surface area contributed by atoms with Crippen LogP contribution in [0, 0.1) is 0 Å². The van der Waals surface area contributed by atoms with Crippen molar-refractivity contribution < 1.29 is 0 Å². The number of thiazole rings is 1. The summed E-state index contributed by atoms with van der Waals surface area (Å²) in [7, 11) is 0. The molecule has 0 fully saturated rings. The minimum absolute atomic E-state index is 0.932. The fraction of sp³-hybridized carbons (Fsp3) is 0.0952. The number of rotatable bonds is 3. The third-order valence-corrected chi connectivity index (χ3v) is 5.64. The molecule has 0 amide bonds. The lowest BCUT2D eigenvalue weighted by Crippen LogP contribution is -1.92. The minimum atomic E-state index is 0.932. The smallest absolute Gasteiger partial charge is 0.188 e. The molecule has 122 valence electrons. The zero-order valence-electron chi connectivity index (χ0n) is 13.9. The monoisotopic (exact) mass is 343 g/mol. The van der Waals surface area contributed by atoms with Crippen molar-refractivity contribution >= 4 is 54.2 Å². The van der Waals surface area contributed by atoms with E-state index in [1.807, 2.05) is 18.2 Å². The van der Waals surface area contributed by atoms with Crippen LogP contribution in [0.2, 0.25) is 0 Å². The Morgan fingerprint density at radius 1 is 0.920 bits per heavy atom. The number of hydrogen-bond donors (Lipinski definition) is 1. The van der Waals surface area contributed by atoms with Crippen molar-refractivity contribution in [3.8, 4) is 0 Å². The number of benzene rings is 3. The molecular formula is C21H17N3S. The van der Waals surface area contributed by atoms with Gasteiger partial charge in [-0.2, -0.15) is 0 Å². The number of aryl methyl sites for hydroxylation is 1. The highest BCUT2D eigenvalue weighted by atomic mass is 32.1. The molecule has 5 rings (SSSR count). The molecule has 0 bridgehead atoms. The van der Waals surface area contributed by atoms with E-state index in [-0.39, 0.29) is 0 Å². The van der Waals surface area contributed by atoms with E-state index in [1.165, 1.54) is 26.5 Å². The second kappa shape index (κ2) is 5.60. The molecule has 0 unspecified atom stereocenters. The van der Waals surface area contributed by atoms with Crippen LogP contribution < -0.4 is 5.32 Å². The average molecular weight is 343 g/mol. The quantitative estimate of drug-likeness (QED) is 0.425. The molecule has 0 aliphatic carbocycles. The Balaban J connectivity index is 1.77. The van der Waals surface area contributed by atoms with Gasteiger partial charge < -0.3 is 9.88 Å². The van der Waals surface area contributed by atoms with Gasteiger partial charge in [0.15, 0.2) is 5.13 Å². The van der Waals surface area contributed by atoms with Crippen LogP contribution >= 0.6 is 11.3 Å². The summed E-state index contributed by atoms with van der Waals surface area (Å²) in [5, 5.41) is 6.98. The van der Waals surface area contributed by atoms with E-state index in [0.717, 1.165) is 22.9 Å². The second-order valence-electron chi connectivity index (χ2n) is 6.08. The zero-order valence-corrected chi connectivity index (χ0v) is 14.7. The molecule has 0 saturated heterocycles. The van der Waals surface area contributed by atoms with E-state index in [2.05, 4.69) is 65.3 Å². The summed E-state index contributed by atoms with van der Waals surface area (Å²) >= 11 is 1.72. The fourth-order valence-corrected chi connectivity index (χ4v) is 4.60. The number of para-hydroxylation sites is 2. The van der Waals surface area contributed by atoms with Crippen molar-refractivity contribution in [1.29, 1.82) is 0 Å². The summed E-state index contributed by atoms with van der Waals surface area (Å²) in [6.45, 7) is 3.16. The van der Waals surface area contributed by atoms with Crippen LogP contribution in [0.5, 0.6) is 0 Å². The molecule has 0 radical (unpaired) electrons. The molecular weight excluding hydrogens is 326 g/mol. The molecule has 0 saturated carbocycles. The second-order valence-corrected chi connectivity index (χ2v) is 7.08. The summed E-state index contributed by atoms with van der Waals surface area (Å²) in [6, 6.07) is 23.2. The molecule has 0 aliphatic rings. The molecule has 25 heavy (non-hydrogen) atoms. The molecule has 3 aromatic carbocycles. The van der Waals surface area contributed by atoms with Crippen molar-refractivity contribution in [2.24, 2.45) is 0 Å². The lowest BCUT2D eigenvalue weighted by Gasteiger charge is -2.01. The van der Waals surface area contributed by atoms with Crippen molar-refractivity contribution in [2.75, 3.05) is 5.32 Å². The van der Waals surface area contributed by atoms with Crippen molar-refractivity contribution in [3.05, 3.63) is 66.7 Å². The highest BCUT2D eigenvalue weighted by Gasteiger charge is 2.15. The standard InChI is InChI=1S/C21H17N3S/c1-2-24-17-11-7-6-10-15(17)19-18(24)13-12-16-20(19)25-21(23-16)22-14-8-4-3-5-9-14/h3-13H,2H2,1H3,(H,22,23). The van der Waals surface area contributed by atoms with Crippen molar-refractivity contribution in [3.63, 3.8) is 0 Å². The third kappa shape index (κ3) is 2.22. The average Bonchev–Trinajstić information content (AvgIpc) is 3.20. The van der Waals surface area contributed by atoms with Crippen LogP contribution in [0.4, 0.5) is 10.8 Å². The van der Waals surface area contributed by atoms with E-state index in [9.17, 15) is 0 Å². The Labute approximate surface area is 149 Å². The van der Waals surface area contributed by atoms with Crippen LogP contribution in [0.15, 0.2) is 66.7 Å². The number of aromatic nitrogens is 2. The van der Waals surface area contributed by atoms with Crippen LogP contribution in [0.25, 0.3) is 32.0 Å². The van der Waals surface area contributed by atoms with E-state index >= 15 is 0 Å². The normalized spacial score (nSPS) is 11.6. The predicted octanol–water partition coefficient (Wildman–Crippen LogP) is 6.17. The zero-order chi connectivity index (χ0) is 16.8. The summed E-state index contributed by atoms with van der Waals surface area (Å²) in [5.74, 6) is 0. The predicted molar refractivity (Wildman–Crippen MR) is 108 cm³/mol. The number of nitrogens with zero attached hydrogens (tertiary/aromatic N) is 2. The molecule has 5 aromatic rings. The van der Waals surface area contributed by atoms with Gasteiger partial charge in [0.25, 0.3) is 0 Å². The van der Waals surface area contributed by atoms with E-state index in [1.54, 1.807) is 11.3 Å². The molecule has 0 spiro atoms. The van der Waals surface area contributed by atoms with Crippen LogP contribution in [0.3, 0.4) is 0 Å². The Hall–Kier alpha value is -2.85. The van der Waals surface area contributed by atoms with Crippen LogP contribution in [-0.2, 0) is 6.54 Å². The first-order chi connectivity index (χ1) is 12.3. The Kier molecular flexibility index (Phi) is 3.25. The van der Waals surface area contributed by atoms with Gasteiger partial charge in [0.2, 0.25) is 0 Å². The third-order valence-electron chi connectivity index (χ3n) is 4.63. The molecule has 0 atom stereocenters. The minimum Gasteiger partial charge on any atom is -0.341 e. The number of anilines is 2. The van der Waals surface area contributed by atoms with Crippen LogP contribution in [0.1, 0.15) is 6.92 Å². The molecule has 1 N–H and O–H groups in total. The maximum Gasteiger partial charge on any atom is 0.188 e. The van der Waals surface area contributed by atoms with E-state index in [4.69, 9.17) is 4.98 Å². The summed E-state index contributed by atoms with van der Waals surface area (Å²) in [6.07, 6.45) is 0. The van der Waals surface area contributed by atoms with Gasteiger partial charge in [0.1, 0.15) is 0 Å². The first-order valence-corrected chi connectivity index (χ1v) is 9.29. The highest BCUT2D eigenvalue weighted by molar-refractivity contribution is 7.23. The summed E-state index contributed by atoms with van der Waals surface area (Å²) in [5.41, 5.74) is 4.69. The van der Waals surface area contributed by atoms with Gasteiger partial charge >= 0.3 is 0 Å². The molecule has 4 heteroatoms. The largest absolute Gasteiger partial charge is 0.341 e. The first kappa shape index (κ1) is 14.5. The Morgan fingerprint density at radius 2 is 1.72 bits per heavy atom. The highest BCUT2D eigenvalue weighted by Crippen LogP contribution is 2.39. The molecule has 3 nitrogen and oxygen atoms in total. The number of fused-ring (bicyclic) bond motifs is 5. The maximum absolute atomic E-state index is 4.80. The lowest BCUT2D eigenvalue weighted by atomic mass is 10.1. The van der Waals surface area contributed by atoms with Crippen molar-refractivity contribution in [1.82, 2.24) is 9.55 Å². The number of nitrogens with one attached hydrogen (secondary N) is 1. The van der Waals surface area contributed by atoms with Gasteiger partial charge in [-0.3, -0.25) is 0 Å².